The lowest BCUT2D eigenvalue weighted by molar-refractivity contribution is -0.139. The number of ether oxygens (including phenoxy) is 1. The monoisotopic (exact) mass is 490 g/mol. The molecular weight excluding hydrogens is 465 g/mol. The summed E-state index contributed by atoms with van der Waals surface area (Å²) in [5.74, 6) is -0.360. The van der Waals surface area contributed by atoms with Crippen molar-refractivity contribution in [3.8, 4) is 11.5 Å². The number of carbonyl (C=O) groups is 1. The molecule has 12 heteroatoms. The molecule has 0 aliphatic carbocycles. The predicted octanol–water partition coefficient (Wildman–Crippen LogP) is 3.95. The number of halogens is 3. The molecule has 0 unspecified atom stereocenters. The average molecular weight is 490 g/mol. The molecule has 35 heavy (non-hydrogen) atoms. The highest BCUT2D eigenvalue weighted by molar-refractivity contribution is 5.95. The lowest BCUT2D eigenvalue weighted by atomic mass is 10.1. The Balaban J connectivity index is 1.52. The Labute approximate surface area is 198 Å². The molecule has 3 aromatic heterocycles. The third-order valence-electron chi connectivity index (χ3n) is 5.57. The molecule has 0 saturated heterocycles. The number of hydrogen-bond acceptors (Lipinski definition) is 6. The van der Waals surface area contributed by atoms with E-state index in [-0.39, 0.29) is 35.4 Å². The van der Waals surface area contributed by atoms with E-state index in [1.165, 1.54) is 6.07 Å². The highest BCUT2D eigenvalue weighted by Gasteiger charge is 2.31. The molecule has 0 radical (unpaired) electrons. The number of anilines is 1. The maximum atomic E-state index is 13.3. The number of methoxy groups -OCH3 is 1. The van der Waals surface area contributed by atoms with Crippen molar-refractivity contribution in [1.29, 1.82) is 0 Å². The van der Waals surface area contributed by atoms with E-state index in [4.69, 9.17) is 15.0 Å². The number of amides is 1. The fourth-order valence-electron chi connectivity index (χ4n) is 3.87. The van der Waals surface area contributed by atoms with E-state index in [9.17, 15) is 18.0 Å². The average Bonchev–Trinajstić information content (AvgIpc) is 3.51. The highest BCUT2D eigenvalue weighted by atomic mass is 19.4. The minimum Gasteiger partial charge on any atom is -0.398 e. The van der Waals surface area contributed by atoms with Gasteiger partial charge in [-0.05, 0) is 38.1 Å². The standard InChI is InChI=1S/C23H25F3N6O3/c1-22(2,13-34-3)31-8-7-14(11-31)21(33)28-10-19-29-20(30-35-19)18-9-15-16(27)5-4-6-17(15)32(18)12-23(24,25)26/h4-9,11H,10,12-13,27H2,1-3H3,(H,28,33). The van der Waals surface area contributed by atoms with E-state index < -0.39 is 12.7 Å². The number of nitrogen functional groups attached to an aromatic ring is 1. The molecule has 1 aromatic carbocycles. The van der Waals surface area contributed by atoms with Gasteiger partial charge in [-0.25, -0.2) is 0 Å². The van der Waals surface area contributed by atoms with Gasteiger partial charge in [-0.1, -0.05) is 11.2 Å². The lowest BCUT2D eigenvalue weighted by Crippen LogP contribution is -2.30. The van der Waals surface area contributed by atoms with Gasteiger partial charge in [-0.15, -0.1) is 0 Å². The van der Waals surface area contributed by atoms with Gasteiger partial charge in [0, 0.05) is 30.6 Å². The topological polar surface area (TPSA) is 113 Å². The Bertz CT molecular complexity index is 1350. The molecule has 0 saturated carbocycles. The summed E-state index contributed by atoms with van der Waals surface area (Å²) in [4.78, 5) is 16.8. The summed E-state index contributed by atoms with van der Waals surface area (Å²) in [5, 5.41) is 6.96. The van der Waals surface area contributed by atoms with Crippen molar-refractivity contribution in [2.75, 3.05) is 19.5 Å². The lowest BCUT2D eigenvalue weighted by Gasteiger charge is -2.25. The van der Waals surface area contributed by atoms with Crippen LogP contribution in [0.2, 0.25) is 0 Å². The molecule has 0 aliphatic heterocycles. The van der Waals surface area contributed by atoms with Gasteiger partial charge >= 0.3 is 6.18 Å². The van der Waals surface area contributed by atoms with Crippen LogP contribution in [-0.4, -0.2) is 45.1 Å². The number of hydrogen-bond donors (Lipinski definition) is 2. The second-order valence-corrected chi connectivity index (χ2v) is 8.76. The van der Waals surface area contributed by atoms with Crippen LogP contribution in [0.15, 0.2) is 47.2 Å². The number of alkyl halides is 3. The number of nitrogens with two attached hydrogens (primary N) is 1. The zero-order valence-electron chi connectivity index (χ0n) is 19.4. The molecule has 4 aromatic rings. The van der Waals surface area contributed by atoms with Crippen molar-refractivity contribution in [3.63, 3.8) is 0 Å². The van der Waals surface area contributed by atoms with Crippen LogP contribution in [0.4, 0.5) is 18.9 Å². The van der Waals surface area contributed by atoms with E-state index in [0.717, 1.165) is 4.57 Å². The van der Waals surface area contributed by atoms with Crippen LogP contribution >= 0.6 is 0 Å². The molecule has 0 atom stereocenters. The van der Waals surface area contributed by atoms with E-state index in [1.54, 1.807) is 43.8 Å². The third-order valence-corrected chi connectivity index (χ3v) is 5.57. The minimum atomic E-state index is -4.47. The van der Waals surface area contributed by atoms with Gasteiger partial charge in [-0.3, -0.25) is 4.79 Å². The van der Waals surface area contributed by atoms with Crippen molar-refractivity contribution in [3.05, 3.63) is 54.2 Å². The predicted molar refractivity (Wildman–Crippen MR) is 122 cm³/mol. The first-order valence-corrected chi connectivity index (χ1v) is 10.7. The summed E-state index contributed by atoms with van der Waals surface area (Å²) >= 11 is 0. The number of carbonyl (C=O) groups excluding carboxylic acids is 1. The zero-order chi connectivity index (χ0) is 25.4. The second kappa shape index (κ2) is 9.10. The minimum absolute atomic E-state index is 0.0402. The maximum absolute atomic E-state index is 13.3. The Morgan fingerprint density at radius 1 is 1.26 bits per heavy atom. The first-order chi connectivity index (χ1) is 16.5. The summed E-state index contributed by atoms with van der Waals surface area (Å²) in [6.07, 6.45) is -0.989. The maximum Gasteiger partial charge on any atom is 0.406 e. The van der Waals surface area contributed by atoms with Crippen LogP contribution in [0, 0.1) is 0 Å². The van der Waals surface area contributed by atoms with Crippen molar-refractivity contribution in [2.24, 2.45) is 0 Å². The number of aromatic nitrogens is 4. The smallest absolute Gasteiger partial charge is 0.398 e. The molecule has 3 heterocycles. The van der Waals surface area contributed by atoms with Crippen molar-refractivity contribution in [1.82, 2.24) is 24.6 Å². The van der Waals surface area contributed by atoms with Crippen LogP contribution < -0.4 is 11.1 Å². The highest BCUT2D eigenvalue weighted by Crippen LogP contribution is 2.33. The summed E-state index contributed by atoms with van der Waals surface area (Å²) in [7, 11) is 1.61. The molecule has 4 rings (SSSR count). The van der Waals surface area contributed by atoms with Gasteiger partial charge in [0.1, 0.15) is 6.54 Å². The van der Waals surface area contributed by atoms with Gasteiger partial charge in [-0.2, -0.15) is 18.2 Å². The van der Waals surface area contributed by atoms with Crippen LogP contribution in [0.25, 0.3) is 22.4 Å². The Morgan fingerprint density at radius 3 is 2.74 bits per heavy atom. The van der Waals surface area contributed by atoms with E-state index >= 15 is 0 Å². The molecule has 0 spiro atoms. The van der Waals surface area contributed by atoms with E-state index in [1.807, 2.05) is 18.4 Å². The van der Waals surface area contributed by atoms with Crippen LogP contribution in [0.3, 0.4) is 0 Å². The Kier molecular flexibility index (Phi) is 6.32. The fourth-order valence-corrected chi connectivity index (χ4v) is 3.87. The largest absolute Gasteiger partial charge is 0.406 e. The third kappa shape index (κ3) is 5.16. The normalized spacial score (nSPS) is 12.4. The van der Waals surface area contributed by atoms with Gasteiger partial charge < -0.3 is 29.4 Å². The Morgan fingerprint density at radius 2 is 2.03 bits per heavy atom. The van der Waals surface area contributed by atoms with Crippen molar-refractivity contribution in [2.45, 2.75) is 38.7 Å². The first-order valence-electron chi connectivity index (χ1n) is 10.7. The number of rotatable bonds is 8. The molecule has 3 N–H and O–H groups in total. The molecule has 0 bridgehead atoms. The van der Waals surface area contributed by atoms with Crippen LogP contribution in [0.1, 0.15) is 30.1 Å². The Hall–Kier alpha value is -3.80. The second-order valence-electron chi connectivity index (χ2n) is 8.76. The molecule has 1 amide bonds. The number of benzene rings is 1. The summed E-state index contributed by atoms with van der Waals surface area (Å²) in [5.41, 5.74) is 6.78. The quantitative estimate of drug-likeness (QED) is 0.362. The van der Waals surface area contributed by atoms with Gasteiger partial charge in [0.25, 0.3) is 5.91 Å². The summed E-state index contributed by atoms with van der Waals surface area (Å²) in [6.45, 7) is 3.07. The number of fused-ring (bicyclic) bond motifs is 1. The first kappa shape index (κ1) is 24.3. The van der Waals surface area contributed by atoms with E-state index in [0.29, 0.717) is 28.8 Å². The van der Waals surface area contributed by atoms with E-state index in [2.05, 4.69) is 15.5 Å². The van der Waals surface area contributed by atoms with Crippen molar-refractivity contribution >= 4 is 22.5 Å². The molecule has 0 aliphatic rings. The van der Waals surface area contributed by atoms with Gasteiger partial charge in [0.2, 0.25) is 11.7 Å². The van der Waals surface area contributed by atoms with Gasteiger partial charge in [0.05, 0.1) is 35.5 Å². The summed E-state index contributed by atoms with van der Waals surface area (Å²) in [6, 6.07) is 7.89. The zero-order valence-corrected chi connectivity index (χ0v) is 19.4. The number of nitrogens with one attached hydrogen (secondary N) is 1. The molecule has 9 nitrogen and oxygen atoms in total. The van der Waals surface area contributed by atoms with Crippen molar-refractivity contribution < 1.29 is 27.2 Å². The van der Waals surface area contributed by atoms with Crippen LogP contribution in [-0.2, 0) is 23.4 Å². The van der Waals surface area contributed by atoms with Crippen LogP contribution in [0.5, 0.6) is 0 Å². The molecule has 186 valence electrons. The molecule has 0 fully saturated rings. The molecular formula is C23H25F3N6O3. The SMILES string of the molecule is COCC(C)(C)n1ccc(C(=O)NCc2nc(-c3cc4c(N)cccc4n3CC(F)(F)F)no2)c1. The number of nitrogens with zero attached hydrogens (tertiary/aromatic N) is 4. The summed E-state index contributed by atoms with van der Waals surface area (Å²) < 4.78 is 53.1. The van der Waals surface area contributed by atoms with Gasteiger partial charge in [0.15, 0.2) is 0 Å². The fraction of sp³-hybridized carbons (Fsp3) is 0.348.